The lowest BCUT2D eigenvalue weighted by molar-refractivity contribution is -0.116. The van der Waals surface area contributed by atoms with Crippen LogP contribution < -0.4 is 15.5 Å². The maximum atomic E-state index is 13.1. The van der Waals surface area contributed by atoms with Gasteiger partial charge in [0.15, 0.2) is 0 Å². The van der Waals surface area contributed by atoms with Gasteiger partial charge < -0.3 is 20.3 Å². The highest BCUT2D eigenvalue weighted by molar-refractivity contribution is 6.02. The van der Waals surface area contributed by atoms with Crippen LogP contribution in [0.25, 0.3) is 0 Å². The van der Waals surface area contributed by atoms with Gasteiger partial charge in [-0.25, -0.2) is 0 Å². The van der Waals surface area contributed by atoms with Crippen LogP contribution >= 0.6 is 0 Å². The van der Waals surface area contributed by atoms with Crippen molar-refractivity contribution in [2.24, 2.45) is 0 Å². The third kappa shape index (κ3) is 7.78. The molecule has 1 aromatic rings. The molecule has 2 heterocycles. The lowest BCUT2D eigenvalue weighted by atomic mass is 10.1. The summed E-state index contributed by atoms with van der Waals surface area (Å²) in [5, 5.41) is 6.08. The van der Waals surface area contributed by atoms with Crippen LogP contribution in [0.2, 0.25) is 0 Å². The molecule has 2 saturated heterocycles. The summed E-state index contributed by atoms with van der Waals surface area (Å²) in [5.74, 6) is -0.0510. The number of rotatable bonds is 12. The number of unbranched alkanes of at least 4 members (excludes halogenated alkanes) is 4. The number of carbonyl (C=O) groups excluding carboxylic acids is 2. The van der Waals surface area contributed by atoms with Gasteiger partial charge in [-0.2, -0.15) is 0 Å². The number of hydrogen-bond donors (Lipinski definition) is 2. The SMILES string of the molecule is CCCCCCCC(=O)Nc1ccc(N2CCCC2)c(C(=O)NCCN2CCOCC2)c1. The van der Waals surface area contributed by atoms with Gasteiger partial charge >= 0.3 is 0 Å². The second-order valence-corrected chi connectivity index (χ2v) is 8.85. The summed E-state index contributed by atoms with van der Waals surface area (Å²) in [7, 11) is 0. The first-order valence-corrected chi connectivity index (χ1v) is 12.4. The van der Waals surface area contributed by atoms with Crippen LogP contribution in [-0.4, -0.2) is 69.2 Å². The van der Waals surface area contributed by atoms with E-state index in [-0.39, 0.29) is 11.8 Å². The molecule has 0 unspecified atom stereocenters. The molecule has 0 aromatic heterocycles. The lowest BCUT2D eigenvalue weighted by Gasteiger charge is -2.26. The summed E-state index contributed by atoms with van der Waals surface area (Å²) in [5.41, 5.74) is 2.31. The third-order valence-electron chi connectivity index (χ3n) is 6.30. The molecule has 0 bridgehead atoms. The van der Waals surface area contributed by atoms with Crippen LogP contribution in [0.1, 0.15) is 68.6 Å². The minimum atomic E-state index is -0.0733. The highest BCUT2D eigenvalue weighted by Gasteiger charge is 2.21. The number of amides is 2. The highest BCUT2D eigenvalue weighted by atomic mass is 16.5. The minimum absolute atomic E-state index is 0.0223. The Balaban J connectivity index is 1.58. The number of anilines is 2. The van der Waals surface area contributed by atoms with Crippen LogP contribution in [0.15, 0.2) is 18.2 Å². The largest absolute Gasteiger partial charge is 0.379 e. The number of nitrogens with one attached hydrogen (secondary N) is 2. The molecule has 178 valence electrons. The van der Waals surface area contributed by atoms with Crippen molar-refractivity contribution in [3.8, 4) is 0 Å². The van der Waals surface area contributed by atoms with Crippen molar-refractivity contribution in [1.29, 1.82) is 0 Å². The van der Waals surface area contributed by atoms with E-state index in [4.69, 9.17) is 4.74 Å². The van der Waals surface area contributed by atoms with Crippen LogP contribution in [0.5, 0.6) is 0 Å². The number of nitrogens with zero attached hydrogens (tertiary/aromatic N) is 2. The zero-order chi connectivity index (χ0) is 22.6. The van der Waals surface area contributed by atoms with E-state index in [0.717, 1.165) is 77.3 Å². The molecular formula is C25H40N4O3. The Morgan fingerprint density at radius 1 is 1.00 bits per heavy atom. The molecule has 2 aliphatic heterocycles. The predicted molar refractivity (Wildman–Crippen MR) is 129 cm³/mol. The molecule has 0 atom stereocenters. The van der Waals surface area contributed by atoms with E-state index in [1.54, 1.807) is 0 Å². The van der Waals surface area contributed by atoms with Crippen molar-refractivity contribution >= 4 is 23.2 Å². The number of benzene rings is 1. The molecule has 7 heteroatoms. The standard InChI is InChI=1S/C25H40N4O3/c1-2-3-4-5-6-9-24(30)27-21-10-11-23(29-13-7-8-14-29)22(20-21)25(31)26-12-15-28-16-18-32-19-17-28/h10-11,20H,2-9,12-19H2,1H3,(H,26,31)(H,27,30). The zero-order valence-electron chi connectivity index (χ0n) is 19.7. The summed E-state index contributed by atoms with van der Waals surface area (Å²) in [6, 6.07) is 5.75. The van der Waals surface area contributed by atoms with Gasteiger partial charge in [0.25, 0.3) is 5.91 Å². The maximum Gasteiger partial charge on any atom is 0.253 e. The summed E-state index contributed by atoms with van der Waals surface area (Å²) in [4.78, 5) is 30.0. The van der Waals surface area contributed by atoms with Gasteiger partial charge in [-0.3, -0.25) is 14.5 Å². The van der Waals surface area contributed by atoms with E-state index in [9.17, 15) is 9.59 Å². The van der Waals surface area contributed by atoms with E-state index in [2.05, 4.69) is 27.4 Å². The quantitative estimate of drug-likeness (QED) is 0.482. The third-order valence-corrected chi connectivity index (χ3v) is 6.30. The Morgan fingerprint density at radius 2 is 1.75 bits per heavy atom. The van der Waals surface area contributed by atoms with Gasteiger partial charge in [-0.1, -0.05) is 32.6 Å². The van der Waals surface area contributed by atoms with Crippen molar-refractivity contribution in [2.45, 2.75) is 58.3 Å². The summed E-state index contributed by atoms with van der Waals surface area (Å²) < 4.78 is 5.39. The Labute approximate surface area is 192 Å². The van der Waals surface area contributed by atoms with E-state index in [0.29, 0.717) is 24.2 Å². The van der Waals surface area contributed by atoms with Crippen molar-refractivity contribution in [3.05, 3.63) is 23.8 Å². The first-order chi connectivity index (χ1) is 15.7. The summed E-state index contributed by atoms with van der Waals surface area (Å²) >= 11 is 0. The van der Waals surface area contributed by atoms with Crippen molar-refractivity contribution in [2.75, 3.05) is 62.7 Å². The average Bonchev–Trinajstić information content (AvgIpc) is 3.34. The van der Waals surface area contributed by atoms with Crippen LogP contribution in [0.4, 0.5) is 11.4 Å². The molecule has 2 N–H and O–H groups in total. The fraction of sp³-hybridized carbons (Fsp3) is 0.680. The zero-order valence-corrected chi connectivity index (χ0v) is 19.7. The number of morpholine rings is 1. The number of hydrogen-bond acceptors (Lipinski definition) is 5. The Hall–Kier alpha value is -2.12. The van der Waals surface area contributed by atoms with Crippen molar-refractivity contribution < 1.29 is 14.3 Å². The first kappa shape index (κ1) is 24.5. The molecule has 0 spiro atoms. The van der Waals surface area contributed by atoms with E-state index < -0.39 is 0 Å². The van der Waals surface area contributed by atoms with E-state index in [1.165, 1.54) is 19.3 Å². The molecular weight excluding hydrogens is 404 g/mol. The fourth-order valence-electron chi connectivity index (χ4n) is 4.39. The molecule has 0 aliphatic carbocycles. The Bertz CT molecular complexity index is 728. The second-order valence-electron chi connectivity index (χ2n) is 8.85. The number of ether oxygens (including phenoxy) is 1. The molecule has 1 aromatic carbocycles. The minimum Gasteiger partial charge on any atom is -0.379 e. The average molecular weight is 445 g/mol. The fourth-order valence-corrected chi connectivity index (χ4v) is 4.39. The topological polar surface area (TPSA) is 73.9 Å². The Kier molecular flexibility index (Phi) is 10.3. The van der Waals surface area contributed by atoms with Crippen molar-refractivity contribution in [1.82, 2.24) is 10.2 Å². The van der Waals surface area contributed by atoms with Gasteiger partial charge in [0.05, 0.1) is 18.8 Å². The van der Waals surface area contributed by atoms with Gasteiger partial charge in [0, 0.05) is 57.1 Å². The number of carbonyl (C=O) groups is 2. The lowest BCUT2D eigenvalue weighted by Crippen LogP contribution is -2.41. The Morgan fingerprint density at radius 3 is 2.50 bits per heavy atom. The smallest absolute Gasteiger partial charge is 0.253 e. The van der Waals surface area contributed by atoms with Gasteiger partial charge in [0.2, 0.25) is 5.91 Å². The van der Waals surface area contributed by atoms with Gasteiger partial charge in [0.1, 0.15) is 0 Å². The van der Waals surface area contributed by atoms with Crippen molar-refractivity contribution in [3.63, 3.8) is 0 Å². The molecule has 2 amide bonds. The monoisotopic (exact) mass is 444 g/mol. The van der Waals surface area contributed by atoms with Gasteiger partial charge in [-0.15, -0.1) is 0 Å². The van der Waals surface area contributed by atoms with E-state index >= 15 is 0 Å². The summed E-state index contributed by atoms with van der Waals surface area (Å²) in [6.45, 7) is 8.89. The summed E-state index contributed by atoms with van der Waals surface area (Å²) in [6.07, 6.45) is 8.43. The molecule has 2 fully saturated rings. The molecule has 32 heavy (non-hydrogen) atoms. The molecule has 3 rings (SSSR count). The molecule has 0 saturated carbocycles. The normalized spacial score (nSPS) is 16.8. The second kappa shape index (κ2) is 13.4. The molecule has 7 nitrogen and oxygen atoms in total. The maximum absolute atomic E-state index is 13.1. The molecule has 0 radical (unpaired) electrons. The predicted octanol–water partition coefficient (Wildman–Crippen LogP) is 3.65. The van der Waals surface area contributed by atoms with Gasteiger partial charge in [-0.05, 0) is 37.5 Å². The van der Waals surface area contributed by atoms with Crippen LogP contribution in [0, 0.1) is 0 Å². The van der Waals surface area contributed by atoms with Crippen LogP contribution in [-0.2, 0) is 9.53 Å². The highest BCUT2D eigenvalue weighted by Crippen LogP contribution is 2.27. The van der Waals surface area contributed by atoms with E-state index in [1.807, 2.05) is 18.2 Å². The van der Waals surface area contributed by atoms with Crippen LogP contribution in [0.3, 0.4) is 0 Å². The first-order valence-electron chi connectivity index (χ1n) is 12.4. The molecule has 2 aliphatic rings.